The molecule has 0 aliphatic carbocycles. The van der Waals surface area contributed by atoms with Gasteiger partial charge in [0.25, 0.3) is 11.5 Å². The molecule has 3 rings (SSSR count). The van der Waals surface area contributed by atoms with Crippen LogP contribution in [0.1, 0.15) is 22.8 Å². The highest BCUT2D eigenvalue weighted by molar-refractivity contribution is 6.02. The molecule has 1 aromatic carbocycles. The van der Waals surface area contributed by atoms with Crippen molar-refractivity contribution in [2.24, 2.45) is 5.10 Å². The molecule has 1 amide bonds. The first-order valence-electron chi connectivity index (χ1n) is 7.71. The lowest BCUT2D eigenvalue weighted by atomic mass is 10.1. The minimum Gasteiger partial charge on any atom is -0.506 e. The summed E-state index contributed by atoms with van der Waals surface area (Å²) >= 11 is 0. The molecule has 7 heteroatoms. The number of fused-ring (bicyclic) bond motifs is 1. The molecule has 0 aliphatic rings. The molecule has 0 atom stereocenters. The van der Waals surface area contributed by atoms with Gasteiger partial charge in [-0.05, 0) is 36.8 Å². The summed E-state index contributed by atoms with van der Waals surface area (Å²) in [6.07, 6.45) is 4.62. The Hall–Kier alpha value is -3.48. The number of hydrogen-bond acceptors (Lipinski definition) is 5. The maximum Gasteiger partial charge on any atom is 0.280 e. The number of hydrogen-bond donors (Lipinski definition) is 2. The zero-order chi connectivity index (χ0) is 17.8. The number of hydrazone groups is 1. The van der Waals surface area contributed by atoms with Crippen molar-refractivity contribution >= 4 is 23.0 Å². The van der Waals surface area contributed by atoms with Gasteiger partial charge in [-0.1, -0.05) is 12.1 Å². The second kappa shape index (κ2) is 6.96. The van der Waals surface area contributed by atoms with E-state index in [1.165, 1.54) is 10.8 Å². The van der Waals surface area contributed by atoms with Crippen LogP contribution in [0.2, 0.25) is 0 Å². The van der Waals surface area contributed by atoms with Crippen molar-refractivity contribution in [1.29, 1.82) is 0 Å². The monoisotopic (exact) mass is 336 g/mol. The predicted molar refractivity (Wildman–Crippen MR) is 94.8 cm³/mol. The molecule has 3 aromatic rings. The van der Waals surface area contributed by atoms with E-state index in [-0.39, 0.29) is 11.3 Å². The van der Waals surface area contributed by atoms with Crippen molar-refractivity contribution in [3.63, 3.8) is 0 Å². The van der Waals surface area contributed by atoms with E-state index in [0.717, 1.165) is 5.56 Å². The van der Waals surface area contributed by atoms with Gasteiger partial charge in [0.15, 0.2) is 0 Å². The number of pyridine rings is 2. The van der Waals surface area contributed by atoms with E-state index in [1.54, 1.807) is 55.7 Å². The summed E-state index contributed by atoms with van der Waals surface area (Å²) < 4.78 is 1.44. The lowest BCUT2D eigenvalue weighted by Crippen LogP contribution is -2.31. The van der Waals surface area contributed by atoms with Crippen LogP contribution in [0.3, 0.4) is 0 Å². The first-order valence-corrected chi connectivity index (χ1v) is 7.71. The molecular formula is C18H16N4O3. The quantitative estimate of drug-likeness (QED) is 0.561. The summed E-state index contributed by atoms with van der Waals surface area (Å²) in [5, 5.41) is 14.7. The first kappa shape index (κ1) is 16.4. The molecule has 126 valence electrons. The van der Waals surface area contributed by atoms with Gasteiger partial charge in [-0.15, -0.1) is 0 Å². The number of amides is 1. The molecular weight excluding hydrogens is 320 g/mol. The standard InChI is InChI=1S/C18H16N4O3/c1-2-22-14-6-4-3-5-13(14)16(23)15(18(22)25)17(24)21-20-11-12-7-9-19-10-8-12/h3-11,23H,2H2,1H3,(H,21,24). The van der Waals surface area contributed by atoms with Crippen molar-refractivity contribution in [3.05, 3.63) is 70.3 Å². The summed E-state index contributed by atoms with van der Waals surface area (Å²) in [6, 6.07) is 10.3. The second-order valence-electron chi connectivity index (χ2n) is 5.27. The number of nitrogens with one attached hydrogen (secondary N) is 1. The van der Waals surface area contributed by atoms with Gasteiger partial charge in [-0.2, -0.15) is 5.10 Å². The molecule has 0 radical (unpaired) electrons. The summed E-state index contributed by atoms with van der Waals surface area (Å²) in [6.45, 7) is 2.17. The molecule has 0 fully saturated rings. The minimum absolute atomic E-state index is 0.326. The van der Waals surface area contributed by atoms with E-state index in [2.05, 4.69) is 15.5 Å². The van der Waals surface area contributed by atoms with Crippen LogP contribution in [0.5, 0.6) is 5.75 Å². The number of nitrogens with zero attached hydrogens (tertiary/aromatic N) is 3. The zero-order valence-electron chi connectivity index (χ0n) is 13.5. The third-order valence-corrected chi connectivity index (χ3v) is 3.77. The molecule has 2 aromatic heterocycles. The summed E-state index contributed by atoms with van der Waals surface area (Å²) in [5.41, 5.74) is 2.71. The van der Waals surface area contributed by atoms with E-state index >= 15 is 0 Å². The van der Waals surface area contributed by atoms with Gasteiger partial charge in [0.05, 0.1) is 11.7 Å². The van der Waals surface area contributed by atoms with Crippen molar-refractivity contribution in [3.8, 4) is 5.75 Å². The van der Waals surface area contributed by atoms with Gasteiger partial charge >= 0.3 is 0 Å². The Labute approximate surface area is 143 Å². The van der Waals surface area contributed by atoms with Crippen LogP contribution in [-0.4, -0.2) is 26.8 Å². The SMILES string of the molecule is CCn1c(=O)c(C(=O)NN=Cc2ccncc2)c(O)c2ccccc21. The van der Waals surface area contributed by atoms with Crippen molar-refractivity contribution < 1.29 is 9.90 Å². The Kier molecular flexibility index (Phi) is 4.56. The fourth-order valence-electron chi connectivity index (χ4n) is 2.58. The molecule has 0 bridgehead atoms. The molecule has 7 nitrogen and oxygen atoms in total. The Morgan fingerprint density at radius 3 is 2.72 bits per heavy atom. The van der Waals surface area contributed by atoms with Crippen LogP contribution < -0.4 is 11.0 Å². The summed E-state index contributed by atoms with van der Waals surface area (Å²) in [5.74, 6) is -1.11. The smallest absolute Gasteiger partial charge is 0.280 e. The highest BCUT2D eigenvalue weighted by Gasteiger charge is 2.21. The molecule has 0 saturated heterocycles. The molecule has 0 unspecified atom stereocenters. The molecule has 25 heavy (non-hydrogen) atoms. The van der Waals surface area contributed by atoms with Gasteiger partial charge in [-0.3, -0.25) is 14.6 Å². The van der Waals surface area contributed by atoms with Crippen LogP contribution in [0.25, 0.3) is 10.9 Å². The lowest BCUT2D eigenvalue weighted by Gasteiger charge is -2.12. The Morgan fingerprint density at radius 2 is 2.00 bits per heavy atom. The normalized spacial score (nSPS) is 11.1. The molecule has 0 aliphatic heterocycles. The van der Waals surface area contributed by atoms with E-state index in [1.807, 2.05) is 0 Å². The number of rotatable bonds is 4. The van der Waals surface area contributed by atoms with Gasteiger partial charge < -0.3 is 9.67 Å². The third kappa shape index (κ3) is 3.12. The number of benzene rings is 1. The van der Waals surface area contributed by atoms with Gasteiger partial charge in [0.1, 0.15) is 11.3 Å². The maximum atomic E-state index is 12.6. The van der Waals surface area contributed by atoms with E-state index in [0.29, 0.717) is 17.4 Å². The fourth-order valence-corrected chi connectivity index (χ4v) is 2.58. The van der Waals surface area contributed by atoms with Crippen LogP contribution in [-0.2, 0) is 6.54 Å². The van der Waals surface area contributed by atoms with Crippen LogP contribution in [0.15, 0.2) is 58.7 Å². The number of aromatic hydroxyl groups is 1. The molecule has 0 spiro atoms. The van der Waals surface area contributed by atoms with Gasteiger partial charge in [0, 0.05) is 24.3 Å². The average Bonchev–Trinajstić information content (AvgIpc) is 2.63. The Bertz CT molecular complexity index is 1010. The highest BCUT2D eigenvalue weighted by Crippen LogP contribution is 2.26. The average molecular weight is 336 g/mol. The molecule has 2 N–H and O–H groups in total. The Balaban J connectivity index is 1.99. The van der Waals surface area contributed by atoms with E-state index in [4.69, 9.17) is 0 Å². The Morgan fingerprint density at radius 1 is 1.28 bits per heavy atom. The molecule has 2 heterocycles. The lowest BCUT2D eigenvalue weighted by molar-refractivity contribution is 0.0950. The van der Waals surface area contributed by atoms with Crippen LogP contribution in [0.4, 0.5) is 0 Å². The van der Waals surface area contributed by atoms with E-state index in [9.17, 15) is 14.7 Å². The first-order chi connectivity index (χ1) is 12.1. The van der Waals surface area contributed by atoms with Crippen molar-refractivity contribution in [2.45, 2.75) is 13.5 Å². The topological polar surface area (TPSA) is 96.6 Å². The summed E-state index contributed by atoms with van der Waals surface area (Å²) in [4.78, 5) is 28.9. The highest BCUT2D eigenvalue weighted by atomic mass is 16.3. The number of aryl methyl sites for hydroxylation is 1. The third-order valence-electron chi connectivity index (χ3n) is 3.77. The zero-order valence-corrected chi connectivity index (χ0v) is 13.5. The second-order valence-corrected chi connectivity index (χ2v) is 5.27. The van der Waals surface area contributed by atoms with Crippen LogP contribution in [0, 0.1) is 0 Å². The number of para-hydroxylation sites is 1. The minimum atomic E-state index is -0.763. The number of aromatic nitrogens is 2. The number of carbonyl (C=O) groups is 1. The van der Waals surface area contributed by atoms with Crippen LogP contribution >= 0.6 is 0 Å². The number of carbonyl (C=O) groups excluding carboxylic acids is 1. The maximum absolute atomic E-state index is 12.6. The van der Waals surface area contributed by atoms with Crippen molar-refractivity contribution in [1.82, 2.24) is 15.0 Å². The van der Waals surface area contributed by atoms with Gasteiger partial charge in [0.2, 0.25) is 0 Å². The fraction of sp³-hybridized carbons (Fsp3) is 0.111. The summed E-state index contributed by atoms with van der Waals surface area (Å²) in [7, 11) is 0. The van der Waals surface area contributed by atoms with Gasteiger partial charge in [-0.25, -0.2) is 5.43 Å². The van der Waals surface area contributed by atoms with E-state index < -0.39 is 11.5 Å². The van der Waals surface area contributed by atoms with Crippen molar-refractivity contribution in [2.75, 3.05) is 0 Å². The largest absolute Gasteiger partial charge is 0.506 e. The molecule has 0 saturated carbocycles. The predicted octanol–water partition coefficient (Wildman–Crippen LogP) is 1.89.